The summed E-state index contributed by atoms with van der Waals surface area (Å²) in [4.78, 5) is 14.3. The van der Waals surface area contributed by atoms with Gasteiger partial charge in [0.15, 0.2) is 6.29 Å². The first-order valence-corrected chi connectivity index (χ1v) is 6.76. The van der Waals surface area contributed by atoms with Crippen LogP contribution in [0.2, 0.25) is 0 Å². The zero-order valence-electron chi connectivity index (χ0n) is 12.0. The van der Waals surface area contributed by atoms with Gasteiger partial charge in [-0.25, -0.2) is 4.39 Å². The van der Waals surface area contributed by atoms with Crippen molar-refractivity contribution in [3.63, 3.8) is 0 Å². The highest BCUT2D eigenvalue weighted by atomic mass is 19.4. The van der Waals surface area contributed by atoms with Crippen LogP contribution in [0.1, 0.15) is 21.5 Å². The number of aldehydes is 1. The molecule has 0 spiro atoms. The van der Waals surface area contributed by atoms with E-state index in [9.17, 15) is 22.4 Å². The van der Waals surface area contributed by atoms with Crippen LogP contribution in [0.5, 0.6) is 0 Å². The molecule has 0 radical (unpaired) electrons. The number of fused-ring (bicyclic) bond motifs is 1. The van der Waals surface area contributed by atoms with Crippen LogP contribution < -0.4 is 0 Å². The lowest BCUT2D eigenvalue weighted by Crippen LogP contribution is -2.04. The van der Waals surface area contributed by atoms with Crippen molar-refractivity contribution in [1.29, 1.82) is 0 Å². The third-order valence-corrected chi connectivity index (χ3v) is 3.77. The van der Waals surface area contributed by atoms with E-state index in [0.29, 0.717) is 23.1 Å². The molecule has 0 atom stereocenters. The van der Waals surface area contributed by atoms with Gasteiger partial charge in [-0.05, 0) is 36.2 Å². The summed E-state index contributed by atoms with van der Waals surface area (Å²) in [5.41, 5.74) is 1.20. The Morgan fingerprint density at radius 1 is 1.04 bits per heavy atom. The van der Waals surface area contributed by atoms with E-state index in [4.69, 9.17) is 0 Å². The molecule has 2 aromatic carbocycles. The van der Waals surface area contributed by atoms with Crippen molar-refractivity contribution in [1.82, 2.24) is 4.98 Å². The molecular formula is C17H11F4NO. The molecule has 6 heteroatoms. The molecule has 0 unspecified atom stereocenters. The van der Waals surface area contributed by atoms with Crippen molar-refractivity contribution in [2.75, 3.05) is 0 Å². The summed E-state index contributed by atoms with van der Waals surface area (Å²) in [6, 6.07) is 7.20. The predicted molar refractivity (Wildman–Crippen MR) is 78.8 cm³/mol. The van der Waals surface area contributed by atoms with Crippen LogP contribution in [0.3, 0.4) is 0 Å². The van der Waals surface area contributed by atoms with E-state index in [0.717, 1.165) is 17.7 Å². The Morgan fingerprint density at radius 3 is 2.26 bits per heavy atom. The SMILES string of the molecule is Cc1ccc(F)c2c(C=O)c(-c3ccc(C(F)(F)F)cc3)[nH]c12. The van der Waals surface area contributed by atoms with Gasteiger partial charge in [-0.15, -0.1) is 0 Å². The summed E-state index contributed by atoms with van der Waals surface area (Å²) in [5.74, 6) is -0.554. The highest BCUT2D eigenvalue weighted by Crippen LogP contribution is 2.34. The summed E-state index contributed by atoms with van der Waals surface area (Å²) in [7, 11) is 0. The summed E-state index contributed by atoms with van der Waals surface area (Å²) in [5, 5.41) is 0.148. The first-order chi connectivity index (χ1) is 10.8. The summed E-state index contributed by atoms with van der Waals surface area (Å²) in [6.07, 6.45) is -3.93. The number of aryl methyl sites for hydroxylation is 1. The zero-order valence-corrected chi connectivity index (χ0v) is 12.0. The minimum atomic E-state index is -4.44. The molecule has 1 N–H and O–H groups in total. The van der Waals surface area contributed by atoms with E-state index in [1.807, 2.05) is 0 Å². The van der Waals surface area contributed by atoms with Crippen molar-refractivity contribution in [2.24, 2.45) is 0 Å². The molecular weight excluding hydrogens is 310 g/mol. The van der Waals surface area contributed by atoms with Gasteiger partial charge in [0.05, 0.1) is 22.3 Å². The number of carbonyl (C=O) groups excluding carboxylic acids is 1. The average molecular weight is 321 g/mol. The zero-order chi connectivity index (χ0) is 16.8. The van der Waals surface area contributed by atoms with E-state index in [2.05, 4.69) is 4.98 Å². The fourth-order valence-electron chi connectivity index (χ4n) is 2.59. The molecule has 23 heavy (non-hydrogen) atoms. The lowest BCUT2D eigenvalue weighted by molar-refractivity contribution is -0.137. The van der Waals surface area contributed by atoms with Crippen LogP contribution in [0, 0.1) is 12.7 Å². The number of benzene rings is 2. The number of carbonyl (C=O) groups is 1. The first kappa shape index (κ1) is 15.3. The van der Waals surface area contributed by atoms with Crippen molar-refractivity contribution in [3.8, 4) is 11.3 Å². The van der Waals surface area contributed by atoms with Crippen LogP contribution in [0.25, 0.3) is 22.2 Å². The van der Waals surface area contributed by atoms with Crippen molar-refractivity contribution in [3.05, 3.63) is 58.9 Å². The van der Waals surface area contributed by atoms with Crippen LogP contribution in [-0.4, -0.2) is 11.3 Å². The lowest BCUT2D eigenvalue weighted by atomic mass is 10.0. The number of aromatic nitrogens is 1. The third kappa shape index (κ3) is 2.50. The maximum Gasteiger partial charge on any atom is 0.416 e. The second-order valence-corrected chi connectivity index (χ2v) is 5.22. The summed E-state index contributed by atoms with van der Waals surface area (Å²) < 4.78 is 51.9. The second-order valence-electron chi connectivity index (χ2n) is 5.22. The molecule has 0 aliphatic heterocycles. The van der Waals surface area contributed by atoms with E-state index < -0.39 is 17.6 Å². The van der Waals surface area contributed by atoms with E-state index >= 15 is 0 Å². The summed E-state index contributed by atoms with van der Waals surface area (Å²) >= 11 is 0. The smallest absolute Gasteiger partial charge is 0.354 e. The maximum absolute atomic E-state index is 14.0. The van der Waals surface area contributed by atoms with Gasteiger partial charge in [0.2, 0.25) is 0 Å². The van der Waals surface area contributed by atoms with Gasteiger partial charge in [-0.1, -0.05) is 18.2 Å². The van der Waals surface area contributed by atoms with E-state index in [1.165, 1.54) is 18.2 Å². The molecule has 3 rings (SSSR count). The molecule has 0 saturated carbocycles. The maximum atomic E-state index is 14.0. The lowest BCUT2D eigenvalue weighted by Gasteiger charge is -2.07. The fraction of sp³-hybridized carbons (Fsp3) is 0.118. The van der Waals surface area contributed by atoms with Gasteiger partial charge in [0.1, 0.15) is 5.82 Å². The number of H-pyrrole nitrogens is 1. The normalized spacial score (nSPS) is 11.9. The van der Waals surface area contributed by atoms with Gasteiger partial charge < -0.3 is 4.98 Å². The molecule has 118 valence electrons. The Morgan fingerprint density at radius 2 is 1.70 bits per heavy atom. The quantitative estimate of drug-likeness (QED) is 0.516. The van der Waals surface area contributed by atoms with Gasteiger partial charge >= 0.3 is 6.18 Å². The molecule has 1 aromatic heterocycles. The molecule has 1 heterocycles. The second kappa shape index (κ2) is 5.22. The van der Waals surface area contributed by atoms with E-state index in [-0.39, 0.29) is 10.9 Å². The summed E-state index contributed by atoms with van der Waals surface area (Å²) in [6.45, 7) is 1.75. The topological polar surface area (TPSA) is 32.9 Å². The molecule has 0 aliphatic rings. The number of rotatable bonds is 2. The Labute approximate surface area is 128 Å². The van der Waals surface area contributed by atoms with Crippen LogP contribution in [0.4, 0.5) is 17.6 Å². The van der Waals surface area contributed by atoms with Crippen molar-refractivity contribution < 1.29 is 22.4 Å². The Balaban J connectivity index is 2.22. The number of hydrogen-bond acceptors (Lipinski definition) is 1. The van der Waals surface area contributed by atoms with Gasteiger partial charge in [0, 0.05) is 5.39 Å². The highest BCUT2D eigenvalue weighted by Gasteiger charge is 2.30. The fourth-order valence-corrected chi connectivity index (χ4v) is 2.59. The molecule has 0 amide bonds. The molecule has 0 bridgehead atoms. The minimum Gasteiger partial charge on any atom is -0.354 e. The van der Waals surface area contributed by atoms with Crippen molar-refractivity contribution in [2.45, 2.75) is 13.1 Å². The molecule has 0 aliphatic carbocycles. The first-order valence-electron chi connectivity index (χ1n) is 6.76. The van der Waals surface area contributed by atoms with Gasteiger partial charge in [-0.2, -0.15) is 13.2 Å². The molecule has 3 aromatic rings. The van der Waals surface area contributed by atoms with Crippen LogP contribution in [0.15, 0.2) is 36.4 Å². The molecule has 0 fully saturated rings. The third-order valence-electron chi connectivity index (χ3n) is 3.77. The van der Waals surface area contributed by atoms with E-state index in [1.54, 1.807) is 13.0 Å². The predicted octanol–water partition coefficient (Wildman–Crippen LogP) is 5.11. The van der Waals surface area contributed by atoms with Gasteiger partial charge in [-0.3, -0.25) is 4.79 Å². The Bertz CT molecular complexity index is 892. The van der Waals surface area contributed by atoms with Crippen LogP contribution >= 0.6 is 0 Å². The standard InChI is InChI=1S/C17H11F4NO/c1-9-2-7-13(18)14-12(8-23)16(22-15(9)14)10-3-5-11(6-4-10)17(19,20)21/h2-8,22H,1H3. The Kier molecular flexibility index (Phi) is 3.47. The minimum absolute atomic E-state index is 0.0981. The number of nitrogens with one attached hydrogen (secondary N) is 1. The number of halogens is 4. The average Bonchev–Trinajstić information content (AvgIpc) is 2.91. The van der Waals surface area contributed by atoms with Crippen LogP contribution in [-0.2, 0) is 6.18 Å². The number of aromatic amines is 1. The van der Waals surface area contributed by atoms with Crippen molar-refractivity contribution >= 4 is 17.2 Å². The monoisotopic (exact) mass is 321 g/mol. The van der Waals surface area contributed by atoms with Gasteiger partial charge in [0.25, 0.3) is 0 Å². The molecule has 2 nitrogen and oxygen atoms in total. The largest absolute Gasteiger partial charge is 0.416 e. The number of hydrogen-bond donors (Lipinski definition) is 1. The highest BCUT2D eigenvalue weighted by molar-refractivity contribution is 6.05. The molecule has 0 saturated heterocycles. The number of alkyl halides is 3. The Hall–Kier alpha value is -2.63.